The van der Waals surface area contributed by atoms with Crippen LogP contribution in [0.15, 0.2) is 30.0 Å². The summed E-state index contributed by atoms with van der Waals surface area (Å²) in [6, 6.07) is 4.88. The van der Waals surface area contributed by atoms with E-state index in [2.05, 4.69) is 11.2 Å². The van der Waals surface area contributed by atoms with Gasteiger partial charge in [-0.05, 0) is 31.0 Å². The number of terminal acetylenes is 1. The van der Waals surface area contributed by atoms with Crippen molar-refractivity contribution in [2.45, 2.75) is 31.8 Å². The van der Waals surface area contributed by atoms with Gasteiger partial charge in [0.15, 0.2) is 0 Å². The first-order valence-electron chi connectivity index (χ1n) is 9.41. The molecule has 32 heavy (non-hydrogen) atoms. The van der Waals surface area contributed by atoms with Crippen LogP contribution in [0.25, 0.3) is 0 Å². The van der Waals surface area contributed by atoms with Crippen molar-refractivity contribution >= 4 is 31.7 Å². The van der Waals surface area contributed by atoms with E-state index in [0.29, 0.717) is 42.8 Å². The number of nitrogens with one attached hydrogen (secondary N) is 1. The monoisotopic (exact) mass is 488 g/mol. The fourth-order valence-electron chi connectivity index (χ4n) is 2.94. The van der Waals surface area contributed by atoms with E-state index in [9.17, 15) is 18.5 Å². The zero-order chi connectivity index (χ0) is 23.7. The van der Waals surface area contributed by atoms with Crippen LogP contribution < -0.4 is 9.84 Å². The van der Waals surface area contributed by atoms with Crippen molar-refractivity contribution in [2.24, 2.45) is 0 Å². The van der Waals surface area contributed by atoms with Crippen LogP contribution >= 0.6 is 19.4 Å². The smallest absolute Gasteiger partial charge is 0.404 e. The lowest BCUT2D eigenvalue weighted by molar-refractivity contribution is -0.127. The van der Waals surface area contributed by atoms with Crippen molar-refractivity contribution in [1.29, 1.82) is 0 Å². The van der Waals surface area contributed by atoms with Crippen LogP contribution in [0, 0.1) is 12.3 Å². The Balaban J connectivity index is 0.00000176. The number of fused-ring (bicyclic) bond motifs is 1. The summed E-state index contributed by atoms with van der Waals surface area (Å²) in [5, 5.41) is 2.91. The van der Waals surface area contributed by atoms with E-state index in [1.165, 1.54) is 18.1 Å². The molecule has 174 valence electrons. The number of carbonyl (C=O) groups excluding carboxylic acids is 2. The number of hydrogen-bond donors (Lipinski definition) is 1. The maximum atomic E-state index is 12.7. The van der Waals surface area contributed by atoms with Gasteiger partial charge in [0, 0.05) is 23.8 Å². The van der Waals surface area contributed by atoms with Gasteiger partial charge in [-0.3, -0.25) is 27.9 Å². The molecule has 2 heterocycles. The van der Waals surface area contributed by atoms with Crippen molar-refractivity contribution in [3.05, 3.63) is 40.6 Å². The maximum Gasteiger partial charge on any atom is 0.530 e. The van der Waals surface area contributed by atoms with E-state index in [0.717, 1.165) is 0 Å². The average Bonchev–Trinajstić information content (AvgIpc) is 3.29. The Hall–Kier alpha value is -2.41. The van der Waals surface area contributed by atoms with Crippen LogP contribution in [-0.2, 0) is 34.5 Å². The molecule has 0 bridgehead atoms. The summed E-state index contributed by atoms with van der Waals surface area (Å²) in [4.78, 5) is 24.3. The summed E-state index contributed by atoms with van der Waals surface area (Å²) < 4.78 is 44.0. The number of nitrogens with zero attached hydrogens (tertiary/aromatic N) is 1. The van der Waals surface area contributed by atoms with Crippen LogP contribution in [0.3, 0.4) is 0 Å². The molecule has 1 saturated heterocycles. The van der Waals surface area contributed by atoms with Gasteiger partial charge in [0.1, 0.15) is 17.6 Å². The van der Waals surface area contributed by atoms with Crippen molar-refractivity contribution in [3.63, 3.8) is 0 Å². The molecule has 1 aromatic rings. The first kappa shape index (κ1) is 25.8. The number of carbonyl (C=O) groups is 2. The molecule has 2 aliphatic rings. The molecule has 12 heteroatoms. The molecule has 1 fully saturated rings. The molecule has 2 aliphatic heterocycles. The molecule has 0 spiro atoms. The van der Waals surface area contributed by atoms with Gasteiger partial charge >= 0.3 is 7.82 Å². The Kier molecular flexibility index (Phi) is 9.69. The van der Waals surface area contributed by atoms with Crippen molar-refractivity contribution in [1.82, 2.24) is 10.2 Å². The second-order valence-electron chi connectivity index (χ2n) is 6.47. The van der Waals surface area contributed by atoms with Gasteiger partial charge in [0.05, 0.1) is 26.5 Å². The highest BCUT2D eigenvalue weighted by Gasteiger charge is 2.37. The molecule has 0 saturated carbocycles. The molecule has 1 N–H and O–H groups in total. The largest absolute Gasteiger partial charge is 0.530 e. The molecular formula is C20H23ClFN2O7P. The van der Waals surface area contributed by atoms with E-state index in [1.54, 1.807) is 18.2 Å². The normalized spacial score (nSPS) is 24.2. The second kappa shape index (κ2) is 12.0. The quantitative estimate of drug-likeness (QED) is 0.272. The van der Waals surface area contributed by atoms with Gasteiger partial charge in [0.2, 0.25) is 6.41 Å². The van der Waals surface area contributed by atoms with Gasteiger partial charge in [-0.25, -0.2) is 4.57 Å². The molecule has 1 aromatic carbocycles. The van der Waals surface area contributed by atoms with Gasteiger partial charge in [0.25, 0.3) is 5.91 Å². The molecule has 0 radical (unpaired) electrons. The predicted octanol–water partition coefficient (Wildman–Crippen LogP) is 3.19. The number of likely N-dealkylation sites (N-methyl/N-ethyl adjacent to an activating group) is 1. The first-order valence-corrected chi connectivity index (χ1v) is 11.2. The third kappa shape index (κ3) is 6.55. The third-order valence-electron chi connectivity index (χ3n) is 4.47. The van der Waals surface area contributed by atoms with Crippen LogP contribution in [-0.4, -0.2) is 50.4 Å². The highest BCUT2D eigenvalue weighted by Crippen LogP contribution is 2.55. The Bertz CT molecular complexity index is 952. The third-order valence-corrected chi connectivity index (χ3v) is 6.04. The summed E-state index contributed by atoms with van der Waals surface area (Å²) in [6.45, 7) is -0.0239. The van der Waals surface area contributed by atoms with Crippen molar-refractivity contribution < 1.29 is 36.9 Å². The lowest BCUT2D eigenvalue weighted by atomic mass is 10.2. The number of rotatable bonds is 7. The van der Waals surface area contributed by atoms with Gasteiger partial charge in [-0.1, -0.05) is 17.5 Å². The van der Waals surface area contributed by atoms with Crippen LogP contribution in [0.4, 0.5) is 4.39 Å². The molecule has 0 aliphatic carbocycles. The topological polar surface area (TPSA) is 103 Å². The Morgan fingerprint density at radius 2 is 2.22 bits per heavy atom. The van der Waals surface area contributed by atoms with E-state index in [4.69, 9.17) is 36.3 Å². The number of alkyl halides is 1. The molecule has 2 amide bonds. The van der Waals surface area contributed by atoms with Crippen LogP contribution in [0.5, 0.6) is 5.75 Å². The number of benzene rings is 1. The maximum absolute atomic E-state index is 12.7. The van der Waals surface area contributed by atoms with Crippen LogP contribution in [0.1, 0.15) is 18.4 Å². The zero-order valence-electron chi connectivity index (χ0n) is 17.5. The highest BCUT2D eigenvalue weighted by atomic mass is 35.5. The number of phosphoric acid groups is 1. The Morgan fingerprint density at radius 3 is 2.88 bits per heavy atom. The fraction of sp³-hybridized carbons (Fsp3) is 0.400. The fourth-order valence-corrected chi connectivity index (χ4v) is 4.38. The minimum absolute atomic E-state index is 0.0138. The standard InChI is InChI=1S/C19H20ClN2O7P.CH3F/c1-3-13(19(24)21-2)9-22(12-23)18-7-5-16(28-18)11-27-30(25)26-10-14-8-15(20)4-6-17(14)29-30;1-2/h1,4,6,8-9,12,16,18H,5,7,10-11H2,2H3,(H,21,24);1H3/b13-9-;. The van der Waals surface area contributed by atoms with E-state index in [-0.39, 0.29) is 18.8 Å². The summed E-state index contributed by atoms with van der Waals surface area (Å²) in [5.41, 5.74) is 0.656. The number of hydrogen-bond acceptors (Lipinski definition) is 7. The SMILES string of the molecule is C#C/C(=C/N(C=O)C1CCC(COP2(=O)OCc3cc(Cl)ccc3O2)O1)C(=O)NC.CF. The molecule has 0 aromatic heterocycles. The first-order chi connectivity index (χ1) is 15.4. The summed E-state index contributed by atoms with van der Waals surface area (Å²) in [5.74, 6) is 2.12. The average molecular weight is 489 g/mol. The Morgan fingerprint density at radius 1 is 1.47 bits per heavy atom. The van der Waals surface area contributed by atoms with Gasteiger partial charge in [-0.15, -0.1) is 6.42 Å². The minimum Gasteiger partial charge on any atom is -0.404 e. The lowest BCUT2D eigenvalue weighted by Crippen LogP contribution is -2.32. The lowest BCUT2D eigenvalue weighted by Gasteiger charge is -2.26. The summed E-state index contributed by atoms with van der Waals surface area (Å²) >= 11 is 5.92. The zero-order valence-corrected chi connectivity index (χ0v) is 19.1. The van der Waals surface area contributed by atoms with Gasteiger partial charge in [-0.2, -0.15) is 0 Å². The predicted molar refractivity (Wildman–Crippen MR) is 114 cm³/mol. The van der Waals surface area contributed by atoms with Gasteiger partial charge < -0.3 is 14.6 Å². The number of amides is 2. The summed E-state index contributed by atoms with van der Waals surface area (Å²) in [6.07, 6.45) is 6.99. The second-order valence-corrected chi connectivity index (χ2v) is 8.50. The molecule has 3 rings (SSSR count). The summed E-state index contributed by atoms with van der Waals surface area (Å²) in [7, 11) is -1.87. The molecule has 3 atom stereocenters. The Labute approximate surface area is 190 Å². The number of ether oxygens (including phenoxy) is 1. The van der Waals surface area contributed by atoms with Crippen molar-refractivity contribution in [3.8, 4) is 18.1 Å². The highest BCUT2D eigenvalue weighted by molar-refractivity contribution is 7.49. The van der Waals surface area contributed by atoms with E-state index < -0.39 is 26.1 Å². The van der Waals surface area contributed by atoms with Crippen LogP contribution in [0.2, 0.25) is 5.02 Å². The molecule has 9 nitrogen and oxygen atoms in total. The minimum atomic E-state index is -3.81. The molecule has 3 unspecified atom stereocenters. The van der Waals surface area contributed by atoms with Crippen molar-refractivity contribution in [2.75, 3.05) is 20.8 Å². The number of halogens is 2. The molecular weight excluding hydrogens is 466 g/mol. The van der Waals surface area contributed by atoms with E-state index >= 15 is 0 Å². The van der Waals surface area contributed by atoms with E-state index in [1.807, 2.05) is 0 Å². The number of phosphoric ester groups is 1.